The minimum Gasteiger partial charge on any atom is -0.398 e. The smallest absolute Gasteiger partial charge is 0.125 e. The van der Waals surface area contributed by atoms with Gasteiger partial charge in [0.1, 0.15) is 5.82 Å². The standard InChI is InChI=1S/C10H12FNO/c11-7-3-4-8(9(12)5-7)10(13)6-1-2-6/h3-6,10,13H,1-2,12H2. The van der Waals surface area contributed by atoms with E-state index in [-0.39, 0.29) is 5.82 Å². The van der Waals surface area contributed by atoms with Crippen molar-refractivity contribution in [3.63, 3.8) is 0 Å². The highest BCUT2D eigenvalue weighted by Crippen LogP contribution is 2.42. The van der Waals surface area contributed by atoms with Crippen molar-refractivity contribution >= 4 is 5.69 Å². The Morgan fingerprint density at radius 1 is 1.46 bits per heavy atom. The Hall–Kier alpha value is -1.09. The van der Waals surface area contributed by atoms with E-state index in [1.165, 1.54) is 12.1 Å². The maximum Gasteiger partial charge on any atom is 0.125 e. The lowest BCUT2D eigenvalue weighted by Crippen LogP contribution is -2.04. The van der Waals surface area contributed by atoms with E-state index >= 15 is 0 Å². The van der Waals surface area contributed by atoms with Crippen LogP contribution in [-0.2, 0) is 0 Å². The van der Waals surface area contributed by atoms with Gasteiger partial charge < -0.3 is 10.8 Å². The van der Waals surface area contributed by atoms with Crippen molar-refractivity contribution in [2.45, 2.75) is 18.9 Å². The molecule has 70 valence electrons. The molecule has 1 saturated carbocycles. The molecular weight excluding hydrogens is 169 g/mol. The molecule has 0 radical (unpaired) electrons. The van der Waals surface area contributed by atoms with E-state index < -0.39 is 6.10 Å². The van der Waals surface area contributed by atoms with Crippen LogP contribution in [0.3, 0.4) is 0 Å². The summed E-state index contributed by atoms with van der Waals surface area (Å²) in [6, 6.07) is 4.14. The van der Waals surface area contributed by atoms with E-state index in [2.05, 4.69) is 0 Å². The summed E-state index contributed by atoms with van der Waals surface area (Å²) in [7, 11) is 0. The normalized spacial score (nSPS) is 18.6. The van der Waals surface area contributed by atoms with Gasteiger partial charge in [-0.2, -0.15) is 0 Å². The zero-order valence-electron chi connectivity index (χ0n) is 7.20. The average molecular weight is 181 g/mol. The van der Waals surface area contributed by atoms with Crippen LogP contribution >= 0.6 is 0 Å². The second-order valence-corrected chi connectivity index (χ2v) is 3.56. The number of rotatable bonds is 2. The predicted molar refractivity (Wildman–Crippen MR) is 48.5 cm³/mol. The van der Waals surface area contributed by atoms with Gasteiger partial charge in [-0.25, -0.2) is 4.39 Å². The maximum atomic E-state index is 12.7. The van der Waals surface area contributed by atoms with E-state index in [0.717, 1.165) is 12.8 Å². The summed E-state index contributed by atoms with van der Waals surface area (Å²) in [6.45, 7) is 0. The SMILES string of the molecule is Nc1cc(F)ccc1C(O)C1CC1. The molecule has 2 rings (SSSR count). The fourth-order valence-corrected chi connectivity index (χ4v) is 1.48. The number of anilines is 1. The highest BCUT2D eigenvalue weighted by molar-refractivity contribution is 5.48. The van der Waals surface area contributed by atoms with Crippen molar-refractivity contribution < 1.29 is 9.50 Å². The molecule has 0 bridgehead atoms. The Morgan fingerprint density at radius 3 is 2.69 bits per heavy atom. The first-order valence-corrected chi connectivity index (χ1v) is 4.41. The second-order valence-electron chi connectivity index (χ2n) is 3.56. The predicted octanol–water partition coefficient (Wildman–Crippen LogP) is 1.85. The quantitative estimate of drug-likeness (QED) is 0.684. The van der Waals surface area contributed by atoms with Crippen molar-refractivity contribution in [1.82, 2.24) is 0 Å². The number of benzene rings is 1. The molecule has 0 aliphatic heterocycles. The Labute approximate surface area is 76.2 Å². The van der Waals surface area contributed by atoms with Gasteiger partial charge in [0, 0.05) is 11.3 Å². The fraction of sp³-hybridized carbons (Fsp3) is 0.400. The zero-order valence-corrected chi connectivity index (χ0v) is 7.20. The minimum absolute atomic E-state index is 0.327. The molecule has 0 aromatic heterocycles. The Bertz CT molecular complexity index is 323. The van der Waals surface area contributed by atoms with Crippen molar-refractivity contribution in [3.05, 3.63) is 29.6 Å². The van der Waals surface area contributed by atoms with Crippen LogP contribution in [0.5, 0.6) is 0 Å². The zero-order chi connectivity index (χ0) is 9.42. The Morgan fingerprint density at radius 2 is 2.15 bits per heavy atom. The molecule has 3 heteroatoms. The van der Waals surface area contributed by atoms with Gasteiger partial charge in [-0.1, -0.05) is 6.07 Å². The van der Waals surface area contributed by atoms with Crippen LogP contribution in [0.15, 0.2) is 18.2 Å². The third-order valence-corrected chi connectivity index (χ3v) is 2.44. The average Bonchev–Trinajstić information content (AvgIpc) is 2.85. The number of halogens is 1. The van der Waals surface area contributed by atoms with Gasteiger partial charge in [0.15, 0.2) is 0 Å². The largest absolute Gasteiger partial charge is 0.398 e. The van der Waals surface area contributed by atoms with Crippen molar-refractivity contribution in [1.29, 1.82) is 0 Å². The lowest BCUT2D eigenvalue weighted by molar-refractivity contribution is 0.154. The molecule has 1 fully saturated rings. The topological polar surface area (TPSA) is 46.2 Å². The summed E-state index contributed by atoms with van der Waals surface area (Å²) in [4.78, 5) is 0. The van der Waals surface area contributed by atoms with Gasteiger partial charge >= 0.3 is 0 Å². The van der Waals surface area contributed by atoms with Crippen molar-refractivity contribution in [3.8, 4) is 0 Å². The molecule has 2 nitrogen and oxygen atoms in total. The van der Waals surface area contributed by atoms with Gasteiger partial charge in [0.05, 0.1) is 6.10 Å². The van der Waals surface area contributed by atoms with E-state index in [1.54, 1.807) is 6.07 Å². The lowest BCUT2D eigenvalue weighted by atomic mass is 10.0. The van der Waals surface area contributed by atoms with Crippen LogP contribution in [0.25, 0.3) is 0 Å². The van der Waals surface area contributed by atoms with E-state index in [1.807, 2.05) is 0 Å². The van der Waals surface area contributed by atoms with Crippen LogP contribution in [0.4, 0.5) is 10.1 Å². The van der Waals surface area contributed by atoms with E-state index in [0.29, 0.717) is 17.2 Å². The molecule has 1 aliphatic rings. The molecular formula is C10H12FNO. The molecule has 1 aliphatic carbocycles. The first-order valence-electron chi connectivity index (χ1n) is 4.41. The number of nitrogens with two attached hydrogens (primary N) is 1. The number of hydrogen-bond acceptors (Lipinski definition) is 2. The first-order chi connectivity index (χ1) is 6.18. The molecule has 3 N–H and O–H groups in total. The second kappa shape index (κ2) is 3.00. The number of hydrogen-bond donors (Lipinski definition) is 2. The molecule has 1 aromatic rings. The van der Waals surface area contributed by atoms with E-state index in [9.17, 15) is 9.50 Å². The van der Waals surface area contributed by atoms with Gasteiger partial charge in [-0.15, -0.1) is 0 Å². The monoisotopic (exact) mass is 181 g/mol. The molecule has 0 saturated heterocycles. The summed E-state index contributed by atoms with van der Waals surface area (Å²) in [5.74, 6) is -0.0305. The van der Waals surface area contributed by atoms with Crippen LogP contribution in [0, 0.1) is 11.7 Å². The molecule has 1 aromatic carbocycles. The molecule has 0 amide bonds. The Balaban J connectivity index is 2.28. The fourth-order valence-electron chi connectivity index (χ4n) is 1.48. The van der Waals surface area contributed by atoms with Crippen LogP contribution in [0.2, 0.25) is 0 Å². The lowest BCUT2D eigenvalue weighted by Gasteiger charge is -2.11. The molecule has 1 unspecified atom stereocenters. The van der Waals surface area contributed by atoms with Crippen molar-refractivity contribution in [2.75, 3.05) is 5.73 Å². The third kappa shape index (κ3) is 1.65. The van der Waals surface area contributed by atoms with Gasteiger partial charge in [-0.05, 0) is 30.9 Å². The summed E-state index contributed by atoms with van der Waals surface area (Å²) < 4.78 is 12.7. The molecule has 0 heterocycles. The number of nitrogen functional groups attached to an aromatic ring is 1. The molecule has 0 spiro atoms. The highest BCUT2D eigenvalue weighted by Gasteiger charge is 2.31. The van der Waals surface area contributed by atoms with E-state index in [4.69, 9.17) is 5.73 Å². The highest BCUT2D eigenvalue weighted by atomic mass is 19.1. The Kier molecular flexibility index (Phi) is 1.96. The molecule has 13 heavy (non-hydrogen) atoms. The summed E-state index contributed by atoms with van der Waals surface area (Å²) in [5.41, 5.74) is 6.59. The summed E-state index contributed by atoms with van der Waals surface area (Å²) >= 11 is 0. The summed E-state index contributed by atoms with van der Waals surface area (Å²) in [5, 5.41) is 9.73. The van der Waals surface area contributed by atoms with Crippen LogP contribution < -0.4 is 5.73 Å². The number of aliphatic hydroxyl groups is 1. The summed E-state index contributed by atoms with van der Waals surface area (Å²) in [6.07, 6.45) is 1.57. The maximum absolute atomic E-state index is 12.7. The minimum atomic E-state index is -0.513. The van der Waals surface area contributed by atoms with Gasteiger partial charge in [-0.3, -0.25) is 0 Å². The van der Waals surface area contributed by atoms with Gasteiger partial charge in [0.25, 0.3) is 0 Å². The van der Waals surface area contributed by atoms with Crippen molar-refractivity contribution in [2.24, 2.45) is 5.92 Å². The first kappa shape index (κ1) is 8.51. The number of aliphatic hydroxyl groups excluding tert-OH is 1. The molecule has 1 atom stereocenters. The van der Waals surface area contributed by atoms with Crippen LogP contribution in [0.1, 0.15) is 24.5 Å². The third-order valence-electron chi connectivity index (χ3n) is 2.44. The van der Waals surface area contributed by atoms with Crippen LogP contribution in [-0.4, -0.2) is 5.11 Å². The van der Waals surface area contributed by atoms with Gasteiger partial charge in [0.2, 0.25) is 0 Å².